The van der Waals surface area contributed by atoms with Crippen LogP contribution in [-0.2, 0) is 9.53 Å². The number of carbonyl (C=O) groups excluding carboxylic acids is 1. The van der Waals surface area contributed by atoms with Gasteiger partial charge in [-0.3, -0.25) is 4.79 Å². The average molecular weight is 274 g/mol. The maximum atomic E-state index is 11.5. The molecule has 1 aromatic rings. The first-order valence-electron chi connectivity index (χ1n) is 5.54. The number of aromatic nitrogens is 1. The summed E-state index contributed by atoms with van der Waals surface area (Å²) >= 11 is 3.32. The van der Waals surface area contributed by atoms with Gasteiger partial charge in [0.05, 0.1) is 6.61 Å². The van der Waals surface area contributed by atoms with Crippen LogP contribution in [0.2, 0.25) is 0 Å². The van der Waals surface area contributed by atoms with Gasteiger partial charge in [-0.25, -0.2) is 4.98 Å². The predicted octanol–water partition coefficient (Wildman–Crippen LogP) is 2.30. The Hall–Kier alpha value is -0.590. The van der Waals surface area contributed by atoms with Crippen molar-refractivity contribution in [1.29, 1.82) is 0 Å². The van der Waals surface area contributed by atoms with E-state index >= 15 is 0 Å². The number of hydrogen-bond acceptors (Lipinski definition) is 6. The van der Waals surface area contributed by atoms with Crippen molar-refractivity contribution in [2.75, 3.05) is 12.4 Å². The lowest BCUT2D eigenvalue weighted by Gasteiger charge is -2.21. The molecule has 1 rings (SSSR count). The van der Waals surface area contributed by atoms with E-state index in [2.05, 4.69) is 4.98 Å². The molecule has 0 aliphatic carbocycles. The summed E-state index contributed by atoms with van der Waals surface area (Å²) in [4.78, 5) is 15.7. The third kappa shape index (κ3) is 5.06. The van der Waals surface area contributed by atoms with Crippen molar-refractivity contribution in [3.63, 3.8) is 0 Å². The smallest absolute Gasteiger partial charge is 0.325 e. The molecule has 4 nitrogen and oxygen atoms in total. The minimum Gasteiger partial charge on any atom is -0.465 e. The molecule has 1 heterocycles. The Morgan fingerprint density at radius 3 is 3.06 bits per heavy atom. The number of thioether (sulfide) groups is 1. The Morgan fingerprint density at radius 2 is 2.47 bits per heavy atom. The van der Waals surface area contributed by atoms with E-state index in [0.717, 1.165) is 16.5 Å². The van der Waals surface area contributed by atoms with E-state index in [1.165, 1.54) is 0 Å². The van der Waals surface area contributed by atoms with Gasteiger partial charge in [-0.1, -0.05) is 11.8 Å². The minimum atomic E-state index is -0.876. The largest absolute Gasteiger partial charge is 0.465 e. The molecule has 0 aliphatic rings. The van der Waals surface area contributed by atoms with Crippen LogP contribution in [0.15, 0.2) is 15.9 Å². The summed E-state index contributed by atoms with van der Waals surface area (Å²) in [5.74, 6) is 0.596. The molecular weight excluding hydrogens is 256 g/mol. The number of carbonyl (C=O) groups is 1. The van der Waals surface area contributed by atoms with Crippen LogP contribution in [0.25, 0.3) is 0 Å². The van der Waals surface area contributed by atoms with Crippen LogP contribution in [0.5, 0.6) is 0 Å². The topological polar surface area (TPSA) is 65.2 Å². The van der Waals surface area contributed by atoms with Gasteiger partial charge in [-0.15, -0.1) is 11.3 Å². The second-order valence-electron chi connectivity index (χ2n) is 3.89. The number of nitrogens with two attached hydrogens (primary N) is 1. The highest BCUT2D eigenvalue weighted by atomic mass is 32.2. The minimum absolute atomic E-state index is 0.320. The molecular formula is C11H18N2O2S2. The SMILES string of the molecule is CCOC(=O)C(C)(N)CCCSc1nccs1. The lowest BCUT2D eigenvalue weighted by Crippen LogP contribution is -2.46. The molecule has 96 valence electrons. The number of rotatable bonds is 7. The Balaban J connectivity index is 2.23. The van der Waals surface area contributed by atoms with E-state index in [9.17, 15) is 4.79 Å². The first kappa shape index (κ1) is 14.5. The zero-order valence-electron chi connectivity index (χ0n) is 10.1. The standard InChI is InChI=1S/C11H18N2O2S2/c1-3-15-9(14)11(2,12)5-4-7-16-10-13-6-8-17-10/h6,8H,3-5,7,12H2,1-2H3. The zero-order chi connectivity index (χ0) is 12.7. The number of nitrogens with zero attached hydrogens (tertiary/aromatic N) is 1. The molecule has 0 aromatic carbocycles. The van der Waals surface area contributed by atoms with Crippen LogP contribution < -0.4 is 5.73 Å². The molecule has 0 radical (unpaired) electrons. The van der Waals surface area contributed by atoms with Crippen molar-refractivity contribution < 1.29 is 9.53 Å². The van der Waals surface area contributed by atoms with Crippen molar-refractivity contribution in [3.8, 4) is 0 Å². The van der Waals surface area contributed by atoms with E-state index in [-0.39, 0.29) is 5.97 Å². The molecule has 1 unspecified atom stereocenters. The van der Waals surface area contributed by atoms with Gasteiger partial charge in [0, 0.05) is 17.3 Å². The maximum Gasteiger partial charge on any atom is 0.325 e. The molecule has 0 amide bonds. The van der Waals surface area contributed by atoms with Crippen LogP contribution in [0.4, 0.5) is 0 Å². The third-order valence-corrected chi connectivity index (χ3v) is 4.27. The van der Waals surface area contributed by atoms with Crippen LogP contribution >= 0.6 is 23.1 Å². The molecule has 0 aliphatic heterocycles. The maximum absolute atomic E-state index is 11.5. The molecule has 0 spiro atoms. The first-order chi connectivity index (χ1) is 8.06. The molecule has 1 atom stereocenters. The molecule has 0 saturated heterocycles. The number of esters is 1. The van der Waals surface area contributed by atoms with Crippen LogP contribution in [0.3, 0.4) is 0 Å². The van der Waals surface area contributed by atoms with Gasteiger partial charge in [0.1, 0.15) is 9.88 Å². The monoisotopic (exact) mass is 274 g/mol. The van der Waals surface area contributed by atoms with Gasteiger partial charge in [0.15, 0.2) is 0 Å². The highest BCUT2D eigenvalue weighted by Gasteiger charge is 2.29. The Labute approximate surface area is 110 Å². The molecule has 6 heteroatoms. The van der Waals surface area contributed by atoms with Crippen molar-refractivity contribution in [3.05, 3.63) is 11.6 Å². The number of hydrogen-bond donors (Lipinski definition) is 1. The quantitative estimate of drug-likeness (QED) is 0.469. The van der Waals surface area contributed by atoms with Gasteiger partial charge in [-0.05, 0) is 26.7 Å². The van der Waals surface area contributed by atoms with Gasteiger partial charge < -0.3 is 10.5 Å². The van der Waals surface area contributed by atoms with Crippen molar-refractivity contribution >= 4 is 29.1 Å². The summed E-state index contributed by atoms with van der Waals surface area (Å²) in [7, 11) is 0. The first-order valence-corrected chi connectivity index (χ1v) is 7.41. The van der Waals surface area contributed by atoms with Crippen LogP contribution in [0, 0.1) is 0 Å². The Bertz CT molecular complexity index is 339. The molecule has 0 saturated carbocycles. The van der Waals surface area contributed by atoms with Crippen LogP contribution in [0.1, 0.15) is 26.7 Å². The average Bonchev–Trinajstić information content (AvgIpc) is 2.77. The lowest BCUT2D eigenvalue weighted by molar-refractivity contribution is -0.149. The van der Waals surface area contributed by atoms with Gasteiger partial charge in [0.2, 0.25) is 0 Å². The van der Waals surface area contributed by atoms with E-state index in [0.29, 0.717) is 13.0 Å². The van der Waals surface area contributed by atoms with E-state index < -0.39 is 5.54 Å². The fourth-order valence-electron chi connectivity index (χ4n) is 1.28. The van der Waals surface area contributed by atoms with E-state index in [1.54, 1.807) is 43.1 Å². The molecule has 0 fully saturated rings. The summed E-state index contributed by atoms with van der Waals surface area (Å²) in [6.07, 6.45) is 3.29. The third-order valence-electron chi connectivity index (χ3n) is 2.22. The molecule has 2 N–H and O–H groups in total. The fraction of sp³-hybridized carbons (Fsp3) is 0.636. The fourth-order valence-corrected chi connectivity index (χ4v) is 2.93. The highest BCUT2D eigenvalue weighted by molar-refractivity contribution is 8.00. The Kier molecular flexibility index (Phi) is 5.94. The second-order valence-corrected chi connectivity index (χ2v) is 6.12. The van der Waals surface area contributed by atoms with Gasteiger partial charge in [0.25, 0.3) is 0 Å². The summed E-state index contributed by atoms with van der Waals surface area (Å²) < 4.78 is 5.98. The number of ether oxygens (including phenoxy) is 1. The van der Waals surface area contributed by atoms with E-state index in [4.69, 9.17) is 10.5 Å². The summed E-state index contributed by atoms with van der Waals surface area (Å²) in [6.45, 7) is 3.88. The highest BCUT2D eigenvalue weighted by Crippen LogP contribution is 2.22. The summed E-state index contributed by atoms with van der Waals surface area (Å²) in [5.41, 5.74) is 5.03. The Morgan fingerprint density at radius 1 is 1.71 bits per heavy atom. The normalized spacial score (nSPS) is 14.3. The molecule has 0 bridgehead atoms. The summed E-state index contributed by atoms with van der Waals surface area (Å²) in [6, 6.07) is 0. The van der Waals surface area contributed by atoms with Crippen molar-refractivity contribution in [1.82, 2.24) is 4.98 Å². The van der Waals surface area contributed by atoms with Crippen molar-refractivity contribution in [2.24, 2.45) is 5.73 Å². The molecule has 17 heavy (non-hydrogen) atoms. The second kappa shape index (κ2) is 6.98. The zero-order valence-corrected chi connectivity index (χ0v) is 11.8. The van der Waals surface area contributed by atoms with Crippen LogP contribution in [-0.4, -0.2) is 28.9 Å². The van der Waals surface area contributed by atoms with Gasteiger partial charge in [-0.2, -0.15) is 0 Å². The van der Waals surface area contributed by atoms with Crippen molar-refractivity contribution in [2.45, 2.75) is 36.6 Å². The lowest BCUT2D eigenvalue weighted by atomic mass is 9.98. The summed E-state index contributed by atoms with van der Waals surface area (Å²) in [5, 5.41) is 1.95. The number of thiazole rings is 1. The van der Waals surface area contributed by atoms with E-state index in [1.807, 2.05) is 5.38 Å². The van der Waals surface area contributed by atoms with Gasteiger partial charge >= 0.3 is 5.97 Å². The molecule has 1 aromatic heterocycles. The predicted molar refractivity (Wildman–Crippen MR) is 71.3 cm³/mol.